The van der Waals surface area contributed by atoms with Crippen LogP contribution in [0.2, 0.25) is 0 Å². The van der Waals surface area contributed by atoms with Gasteiger partial charge in [-0.1, -0.05) is 12.0 Å². The van der Waals surface area contributed by atoms with E-state index >= 15 is 0 Å². The van der Waals surface area contributed by atoms with Gasteiger partial charge in [-0.05, 0) is 30.3 Å². The van der Waals surface area contributed by atoms with Crippen LogP contribution in [0.15, 0.2) is 42.5 Å². The second-order valence-corrected chi connectivity index (χ2v) is 5.06. The number of amides is 2. The maximum atomic E-state index is 12.2. The molecule has 0 aromatic heterocycles. The van der Waals surface area contributed by atoms with Gasteiger partial charge in [0.25, 0.3) is 5.91 Å². The molecule has 0 heterocycles. The molecule has 25 heavy (non-hydrogen) atoms. The van der Waals surface area contributed by atoms with E-state index in [0.717, 1.165) is 0 Å². The Morgan fingerprint density at radius 3 is 2.36 bits per heavy atom. The number of anilines is 1. The lowest BCUT2D eigenvalue weighted by atomic mass is 10.2. The van der Waals surface area contributed by atoms with Crippen LogP contribution in [0.25, 0.3) is 0 Å². The third-order valence-electron chi connectivity index (χ3n) is 3.34. The number of carbonyl (C=O) groups is 2. The Bertz CT molecular complexity index is 802. The predicted molar refractivity (Wildman–Crippen MR) is 94.9 cm³/mol. The lowest BCUT2D eigenvalue weighted by Crippen LogP contribution is -2.32. The summed E-state index contributed by atoms with van der Waals surface area (Å²) < 4.78 is 10.2. The van der Waals surface area contributed by atoms with Crippen molar-refractivity contribution in [3.8, 4) is 23.8 Å². The monoisotopic (exact) mass is 338 g/mol. The SMILES string of the molecule is C#Cc1cccc(NC(=O)CNC(=O)c2cc(OC)cc(OC)c2)c1. The molecule has 0 aliphatic carbocycles. The number of carbonyl (C=O) groups excluding carboxylic acids is 2. The van der Waals surface area contributed by atoms with Gasteiger partial charge in [-0.3, -0.25) is 9.59 Å². The molecule has 2 aromatic carbocycles. The van der Waals surface area contributed by atoms with Crippen molar-refractivity contribution in [2.24, 2.45) is 0 Å². The van der Waals surface area contributed by atoms with E-state index in [1.54, 1.807) is 42.5 Å². The van der Waals surface area contributed by atoms with Crippen LogP contribution >= 0.6 is 0 Å². The summed E-state index contributed by atoms with van der Waals surface area (Å²) in [6.07, 6.45) is 5.32. The fourth-order valence-electron chi connectivity index (χ4n) is 2.09. The number of nitrogens with one attached hydrogen (secondary N) is 2. The fourth-order valence-corrected chi connectivity index (χ4v) is 2.09. The number of hydrogen-bond acceptors (Lipinski definition) is 4. The van der Waals surface area contributed by atoms with E-state index in [-0.39, 0.29) is 12.5 Å². The molecule has 0 saturated heterocycles. The van der Waals surface area contributed by atoms with Gasteiger partial charge in [-0.25, -0.2) is 0 Å². The summed E-state index contributed by atoms with van der Waals surface area (Å²) in [7, 11) is 2.99. The molecular formula is C19H18N2O4. The molecule has 6 heteroatoms. The van der Waals surface area contributed by atoms with Crippen molar-refractivity contribution in [3.63, 3.8) is 0 Å². The van der Waals surface area contributed by atoms with Gasteiger partial charge in [0.1, 0.15) is 11.5 Å². The number of rotatable bonds is 6. The normalized spacial score (nSPS) is 9.64. The summed E-state index contributed by atoms with van der Waals surface area (Å²) in [5, 5.41) is 5.22. The molecule has 0 aliphatic heterocycles. The number of hydrogen-bond donors (Lipinski definition) is 2. The minimum Gasteiger partial charge on any atom is -0.497 e. The van der Waals surface area contributed by atoms with E-state index in [2.05, 4.69) is 16.6 Å². The second-order valence-electron chi connectivity index (χ2n) is 5.06. The molecule has 0 atom stereocenters. The lowest BCUT2D eigenvalue weighted by Gasteiger charge is -2.10. The van der Waals surface area contributed by atoms with E-state index in [4.69, 9.17) is 15.9 Å². The molecule has 0 saturated carbocycles. The van der Waals surface area contributed by atoms with Gasteiger partial charge in [-0.2, -0.15) is 0 Å². The molecule has 2 aromatic rings. The van der Waals surface area contributed by atoms with Crippen molar-refractivity contribution in [1.82, 2.24) is 5.32 Å². The lowest BCUT2D eigenvalue weighted by molar-refractivity contribution is -0.115. The van der Waals surface area contributed by atoms with Gasteiger partial charge in [-0.15, -0.1) is 6.42 Å². The second kappa shape index (κ2) is 8.41. The zero-order valence-electron chi connectivity index (χ0n) is 14.0. The van der Waals surface area contributed by atoms with E-state index in [9.17, 15) is 9.59 Å². The molecule has 2 rings (SSSR count). The highest BCUT2D eigenvalue weighted by atomic mass is 16.5. The van der Waals surface area contributed by atoms with Gasteiger partial charge >= 0.3 is 0 Å². The minimum atomic E-state index is -0.412. The molecule has 0 bridgehead atoms. The Hall–Kier alpha value is -3.46. The fraction of sp³-hybridized carbons (Fsp3) is 0.158. The number of terminal acetylenes is 1. The van der Waals surface area contributed by atoms with E-state index < -0.39 is 5.91 Å². The highest BCUT2D eigenvalue weighted by molar-refractivity contribution is 5.99. The molecule has 6 nitrogen and oxygen atoms in total. The molecule has 128 valence electrons. The van der Waals surface area contributed by atoms with Crippen molar-refractivity contribution < 1.29 is 19.1 Å². The molecular weight excluding hydrogens is 320 g/mol. The van der Waals surface area contributed by atoms with Crippen LogP contribution < -0.4 is 20.1 Å². The van der Waals surface area contributed by atoms with Gasteiger partial charge < -0.3 is 20.1 Å². The first kappa shape index (κ1) is 17.9. The first-order valence-corrected chi connectivity index (χ1v) is 7.43. The molecule has 0 unspecified atom stereocenters. The maximum Gasteiger partial charge on any atom is 0.251 e. The van der Waals surface area contributed by atoms with Crippen LogP contribution in [0.1, 0.15) is 15.9 Å². The molecule has 0 radical (unpaired) electrons. The van der Waals surface area contributed by atoms with Crippen molar-refractivity contribution in [2.75, 3.05) is 26.1 Å². The Morgan fingerprint density at radius 1 is 1.08 bits per heavy atom. The summed E-state index contributed by atoms with van der Waals surface area (Å²) in [5.41, 5.74) is 1.56. The van der Waals surface area contributed by atoms with E-state index in [0.29, 0.717) is 28.3 Å². The van der Waals surface area contributed by atoms with Crippen LogP contribution in [0.4, 0.5) is 5.69 Å². The first-order valence-electron chi connectivity index (χ1n) is 7.43. The molecule has 0 fully saturated rings. The standard InChI is InChI=1S/C19H18N2O4/c1-4-13-6-5-7-15(8-13)21-18(22)12-20-19(23)14-9-16(24-2)11-17(10-14)25-3/h1,5-11H,12H2,2-3H3,(H,20,23)(H,21,22). The van der Waals surface area contributed by atoms with Crippen molar-refractivity contribution >= 4 is 17.5 Å². The summed E-state index contributed by atoms with van der Waals surface area (Å²) >= 11 is 0. The van der Waals surface area contributed by atoms with E-state index in [1.807, 2.05) is 0 Å². The van der Waals surface area contributed by atoms with Gasteiger partial charge in [0.05, 0.1) is 20.8 Å². The maximum absolute atomic E-state index is 12.2. The van der Waals surface area contributed by atoms with Gasteiger partial charge in [0.15, 0.2) is 0 Å². The van der Waals surface area contributed by atoms with Crippen molar-refractivity contribution in [3.05, 3.63) is 53.6 Å². The Morgan fingerprint density at radius 2 is 1.76 bits per heavy atom. The minimum absolute atomic E-state index is 0.182. The van der Waals surface area contributed by atoms with Crippen LogP contribution in [0, 0.1) is 12.3 Å². The third-order valence-corrected chi connectivity index (χ3v) is 3.34. The summed E-state index contributed by atoms with van der Waals surface area (Å²) in [6, 6.07) is 11.7. The quantitative estimate of drug-likeness (QED) is 0.791. The van der Waals surface area contributed by atoms with Crippen LogP contribution in [0.3, 0.4) is 0 Å². The number of benzene rings is 2. The molecule has 2 N–H and O–H groups in total. The zero-order valence-corrected chi connectivity index (χ0v) is 14.0. The average Bonchev–Trinajstić information content (AvgIpc) is 2.65. The van der Waals surface area contributed by atoms with E-state index in [1.165, 1.54) is 14.2 Å². The smallest absolute Gasteiger partial charge is 0.251 e. The van der Waals surface area contributed by atoms with Crippen LogP contribution in [-0.4, -0.2) is 32.6 Å². The van der Waals surface area contributed by atoms with Gasteiger partial charge in [0.2, 0.25) is 5.91 Å². The van der Waals surface area contributed by atoms with Crippen LogP contribution in [0.5, 0.6) is 11.5 Å². The summed E-state index contributed by atoms with van der Waals surface area (Å²) in [5.74, 6) is 2.69. The third kappa shape index (κ3) is 5.01. The predicted octanol–water partition coefficient (Wildman–Crippen LogP) is 2.05. The Labute approximate surface area is 146 Å². The topological polar surface area (TPSA) is 76.7 Å². The van der Waals surface area contributed by atoms with Crippen LogP contribution in [-0.2, 0) is 4.79 Å². The molecule has 2 amide bonds. The summed E-state index contributed by atoms with van der Waals surface area (Å²) in [4.78, 5) is 24.2. The number of methoxy groups -OCH3 is 2. The van der Waals surface area contributed by atoms with Gasteiger partial charge in [0, 0.05) is 22.9 Å². The number of ether oxygens (including phenoxy) is 2. The molecule has 0 aliphatic rings. The molecule has 0 spiro atoms. The van der Waals surface area contributed by atoms with Crippen molar-refractivity contribution in [1.29, 1.82) is 0 Å². The summed E-state index contributed by atoms with van der Waals surface area (Å²) in [6.45, 7) is -0.182. The highest BCUT2D eigenvalue weighted by Crippen LogP contribution is 2.22. The van der Waals surface area contributed by atoms with Crippen molar-refractivity contribution in [2.45, 2.75) is 0 Å². The zero-order chi connectivity index (χ0) is 18.2. The highest BCUT2D eigenvalue weighted by Gasteiger charge is 2.11. The average molecular weight is 338 g/mol. The Balaban J connectivity index is 1.97. The first-order chi connectivity index (χ1) is 12.0. The largest absolute Gasteiger partial charge is 0.497 e. The Kier molecular flexibility index (Phi) is 6.02.